The molecule has 0 rings (SSSR count). The van der Waals surface area contributed by atoms with Gasteiger partial charge in [-0.1, -0.05) is 364 Å². The summed E-state index contributed by atoms with van der Waals surface area (Å²) >= 11 is 0. The van der Waals surface area contributed by atoms with E-state index >= 15 is 0 Å². The quantitative estimate of drug-likeness (QED) is 0.0420. The van der Waals surface area contributed by atoms with Crippen LogP contribution >= 0.6 is 0 Å². The van der Waals surface area contributed by atoms with Gasteiger partial charge in [-0.05, 0) is 51.4 Å². The maximum absolute atomic E-state index is 12.6. The molecule has 1 amide bonds. The number of aliphatic hydroxyl groups excluding tert-OH is 2. The molecule has 74 heavy (non-hydrogen) atoms. The molecule has 0 bridgehead atoms. The van der Waals surface area contributed by atoms with E-state index < -0.39 is 12.1 Å². The summed E-state index contributed by atoms with van der Waals surface area (Å²) in [6.45, 7) is 4.29. The standard InChI is InChI=1S/C70H133NO3/c1-3-5-7-9-11-13-15-17-19-21-23-25-27-29-31-33-35-37-39-41-43-45-47-49-51-53-55-57-59-61-63-65-69(73)68(67-72)71-70(74)66-64-62-60-58-56-54-52-50-48-46-44-42-40-38-36-34-32-30-28-26-24-22-20-18-16-14-12-10-8-6-4-2/h6,8,12,14,18,20,24,26,68-69,72-73H,3-5,7,9-11,13,15-17,19,21-23,25,27-67H2,1-2H3,(H,71,74)/b8-6-,14-12-,20-18-,26-24-. The smallest absolute Gasteiger partial charge is 0.220 e. The van der Waals surface area contributed by atoms with Crippen LogP contribution in [0.4, 0.5) is 0 Å². The molecular weight excluding hydrogens is 903 g/mol. The van der Waals surface area contributed by atoms with Gasteiger partial charge in [0.25, 0.3) is 0 Å². The highest BCUT2D eigenvalue weighted by atomic mass is 16.3. The lowest BCUT2D eigenvalue weighted by atomic mass is 10.0. The van der Waals surface area contributed by atoms with Crippen LogP contribution in [0.2, 0.25) is 0 Å². The molecular formula is C70H133NO3. The Morgan fingerprint density at radius 3 is 0.892 bits per heavy atom. The van der Waals surface area contributed by atoms with Crippen LogP contribution in [0.3, 0.4) is 0 Å². The monoisotopic (exact) mass is 1040 g/mol. The number of aliphatic hydroxyl groups is 2. The van der Waals surface area contributed by atoms with Crippen molar-refractivity contribution in [1.29, 1.82) is 0 Å². The number of hydrogen-bond acceptors (Lipinski definition) is 3. The van der Waals surface area contributed by atoms with Crippen molar-refractivity contribution in [2.24, 2.45) is 0 Å². The minimum Gasteiger partial charge on any atom is -0.394 e. The largest absolute Gasteiger partial charge is 0.394 e. The molecule has 0 aliphatic carbocycles. The van der Waals surface area contributed by atoms with Crippen LogP contribution in [0.5, 0.6) is 0 Å². The summed E-state index contributed by atoms with van der Waals surface area (Å²) in [6.07, 6.45) is 91.6. The summed E-state index contributed by atoms with van der Waals surface area (Å²) in [4.78, 5) is 12.6. The number of allylic oxidation sites excluding steroid dienone is 8. The predicted molar refractivity (Wildman–Crippen MR) is 331 cm³/mol. The number of hydrogen-bond donors (Lipinski definition) is 3. The Hall–Kier alpha value is -1.65. The van der Waals surface area contributed by atoms with E-state index in [1.165, 1.54) is 295 Å². The van der Waals surface area contributed by atoms with Crippen molar-refractivity contribution in [2.75, 3.05) is 6.61 Å². The van der Waals surface area contributed by atoms with Gasteiger partial charge in [-0.25, -0.2) is 0 Å². The molecule has 0 aliphatic heterocycles. The molecule has 4 heteroatoms. The molecule has 0 spiro atoms. The minimum absolute atomic E-state index is 0.0248. The fraction of sp³-hybridized carbons (Fsp3) is 0.871. The number of amides is 1. The van der Waals surface area contributed by atoms with E-state index in [2.05, 4.69) is 67.8 Å². The van der Waals surface area contributed by atoms with E-state index in [4.69, 9.17) is 0 Å². The average Bonchev–Trinajstić information content (AvgIpc) is 3.40. The summed E-state index contributed by atoms with van der Waals surface area (Å²) in [5.41, 5.74) is 0. The van der Waals surface area contributed by atoms with Gasteiger partial charge in [0.15, 0.2) is 0 Å². The van der Waals surface area contributed by atoms with Crippen LogP contribution in [0.15, 0.2) is 48.6 Å². The third-order valence-electron chi connectivity index (χ3n) is 15.9. The van der Waals surface area contributed by atoms with Crippen molar-refractivity contribution in [2.45, 2.75) is 386 Å². The van der Waals surface area contributed by atoms with Crippen molar-refractivity contribution in [3.05, 3.63) is 48.6 Å². The molecule has 0 aliphatic rings. The van der Waals surface area contributed by atoms with Crippen molar-refractivity contribution in [1.82, 2.24) is 5.32 Å². The van der Waals surface area contributed by atoms with Gasteiger partial charge in [-0.15, -0.1) is 0 Å². The van der Waals surface area contributed by atoms with E-state index in [0.29, 0.717) is 12.8 Å². The lowest BCUT2D eigenvalue weighted by Crippen LogP contribution is -2.45. The van der Waals surface area contributed by atoms with Crippen molar-refractivity contribution in [3.63, 3.8) is 0 Å². The fourth-order valence-electron chi connectivity index (χ4n) is 10.8. The zero-order chi connectivity index (χ0) is 53.4. The molecule has 436 valence electrons. The number of nitrogens with one attached hydrogen (secondary N) is 1. The van der Waals surface area contributed by atoms with Gasteiger partial charge in [0.1, 0.15) is 0 Å². The van der Waals surface area contributed by atoms with Crippen molar-refractivity contribution < 1.29 is 15.0 Å². The van der Waals surface area contributed by atoms with Gasteiger partial charge in [-0.2, -0.15) is 0 Å². The first-order valence-electron chi connectivity index (χ1n) is 33.8. The molecule has 0 radical (unpaired) electrons. The molecule has 0 fully saturated rings. The summed E-state index contributed by atoms with van der Waals surface area (Å²) in [5, 5.41) is 23.5. The number of rotatable bonds is 63. The Labute approximate surface area is 464 Å². The Morgan fingerprint density at radius 1 is 0.338 bits per heavy atom. The van der Waals surface area contributed by atoms with Crippen LogP contribution in [-0.2, 0) is 4.79 Å². The summed E-state index contributed by atoms with van der Waals surface area (Å²) in [7, 11) is 0. The lowest BCUT2D eigenvalue weighted by Gasteiger charge is -2.22. The first-order valence-corrected chi connectivity index (χ1v) is 33.8. The van der Waals surface area contributed by atoms with Crippen LogP contribution in [0, 0.1) is 0 Å². The van der Waals surface area contributed by atoms with Gasteiger partial charge >= 0.3 is 0 Å². The summed E-state index contributed by atoms with van der Waals surface area (Å²) in [5.74, 6) is -0.0248. The zero-order valence-corrected chi connectivity index (χ0v) is 50.4. The van der Waals surface area contributed by atoms with E-state index in [-0.39, 0.29) is 12.5 Å². The van der Waals surface area contributed by atoms with Crippen LogP contribution in [0.25, 0.3) is 0 Å². The Kier molecular flexibility index (Phi) is 64.2. The van der Waals surface area contributed by atoms with Crippen LogP contribution < -0.4 is 5.32 Å². The summed E-state index contributed by atoms with van der Waals surface area (Å²) < 4.78 is 0. The SMILES string of the molecule is CC/C=C\C/C=C\C/C=C\C/C=C\CCCCCCCCCCCCCCCCCCCCC(=O)NC(CO)C(O)CCCCCCCCCCCCCCCCCCCCCCCCCCCCCCCCC. The lowest BCUT2D eigenvalue weighted by molar-refractivity contribution is -0.123. The summed E-state index contributed by atoms with van der Waals surface area (Å²) in [6, 6.07) is -0.538. The second-order valence-corrected chi connectivity index (χ2v) is 23.2. The van der Waals surface area contributed by atoms with E-state index in [0.717, 1.165) is 51.4 Å². The van der Waals surface area contributed by atoms with E-state index in [1.54, 1.807) is 0 Å². The number of carbonyl (C=O) groups excluding carboxylic acids is 1. The second-order valence-electron chi connectivity index (χ2n) is 23.2. The average molecular weight is 1040 g/mol. The van der Waals surface area contributed by atoms with E-state index in [9.17, 15) is 15.0 Å². The van der Waals surface area contributed by atoms with Gasteiger partial charge < -0.3 is 15.5 Å². The second kappa shape index (κ2) is 65.6. The van der Waals surface area contributed by atoms with Gasteiger partial charge in [-0.3, -0.25) is 4.79 Å². The molecule has 0 aromatic carbocycles. The predicted octanol–water partition coefficient (Wildman–Crippen LogP) is 22.9. The highest BCUT2D eigenvalue weighted by Gasteiger charge is 2.20. The Morgan fingerprint density at radius 2 is 0.595 bits per heavy atom. The Bertz CT molecular complexity index is 1170. The first-order chi connectivity index (χ1) is 36.7. The molecule has 0 aromatic rings. The molecule has 3 N–H and O–H groups in total. The van der Waals surface area contributed by atoms with Crippen molar-refractivity contribution in [3.8, 4) is 0 Å². The highest BCUT2D eigenvalue weighted by Crippen LogP contribution is 2.19. The molecule has 0 saturated carbocycles. The van der Waals surface area contributed by atoms with Crippen molar-refractivity contribution >= 4 is 5.91 Å². The molecule has 2 unspecified atom stereocenters. The number of unbranched alkanes of at least 4 members (excludes halogenated alkanes) is 48. The van der Waals surface area contributed by atoms with Gasteiger partial charge in [0.2, 0.25) is 5.91 Å². The number of carbonyl (C=O) groups is 1. The maximum atomic E-state index is 12.6. The maximum Gasteiger partial charge on any atom is 0.220 e. The van der Waals surface area contributed by atoms with Gasteiger partial charge in [0.05, 0.1) is 18.8 Å². The van der Waals surface area contributed by atoms with Crippen LogP contribution in [0.1, 0.15) is 373 Å². The van der Waals surface area contributed by atoms with Crippen LogP contribution in [-0.4, -0.2) is 34.9 Å². The van der Waals surface area contributed by atoms with Gasteiger partial charge in [0, 0.05) is 6.42 Å². The fourth-order valence-corrected chi connectivity index (χ4v) is 10.8. The molecule has 0 saturated heterocycles. The first kappa shape index (κ1) is 72.3. The highest BCUT2D eigenvalue weighted by molar-refractivity contribution is 5.76. The topological polar surface area (TPSA) is 69.6 Å². The third kappa shape index (κ3) is 61.2. The molecule has 4 nitrogen and oxygen atoms in total. The molecule has 0 aromatic heterocycles. The van der Waals surface area contributed by atoms with E-state index in [1.807, 2.05) is 0 Å². The zero-order valence-electron chi connectivity index (χ0n) is 50.4. The normalized spacial score (nSPS) is 13.0. The molecule has 0 heterocycles. The minimum atomic E-state index is -0.661. The molecule has 2 atom stereocenters. The third-order valence-corrected chi connectivity index (χ3v) is 15.9. The Balaban J connectivity index is 3.40.